The molecule has 6 nitrogen and oxygen atoms in total. The van der Waals surface area contributed by atoms with Crippen LogP contribution in [0, 0.1) is 5.41 Å². The number of nitrogens with one attached hydrogen (secondary N) is 1. The monoisotopic (exact) mass is 233 g/mol. The van der Waals surface area contributed by atoms with Crippen molar-refractivity contribution in [3.63, 3.8) is 0 Å². The molecule has 1 aromatic heterocycles. The average molecular weight is 233 g/mol. The van der Waals surface area contributed by atoms with Gasteiger partial charge in [-0.1, -0.05) is 22.1 Å². The number of benzene rings is 1. The zero-order valence-electron chi connectivity index (χ0n) is 9.12. The molecule has 0 aliphatic rings. The number of methoxy groups -OCH3 is 1. The summed E-state index contributed by atoms with van der Waals surface area (Å²) in [5.74, 6) is 1.22. The Morgan fingerprint density at radius 1 is 1.18 bits per heavy atom. The Labute approximate surface area is 97.1 Å². The molecular weight excluding hydrogens is 222 g/mol. The van der Waals surface area contributed by atoms with Crippen LogP contribution >= 0.6 is 0 Å². The third kappa shape index (κ3) is 2.36. The van der Waals surface area contributed by atoms with Crippen LogP contribution in [0.15, 0.2) is 36.4 Å². The lowest BCUT2D eigenvalue weighted by molar-refractivity contribution is 0.124. The molecule has 0 atom stereocenters. The van der Waals surface area contributed by atoms with Gasteiger partial charge in [0.05, 0.1) is 7.11 Å². The molecule has 0 bridgehead atoms. The number of aromatic nitrogens is 2. The van der Waals surface area contributed by atoms with Crippen molar-refractivity contribution < 1.29 is 14.7 Å². The average Bonchev–Trinajstić information content (AvgIpc) is 2.34. The van der Waals surface area contributed by atoms with Crippen molar-refractivity contribution in [1.29, 1.82) is 5.41 Å². The zero-order valence-corrected chi connectivity index (χ0v) is 9.12. The van der Waals surface area contributed by atoms with Crippen LogP contribution in [0.5, 0.6) is 17.4 Å². The van der Waals surface area contributed by atoms with Crippen LogP contribution in [0.25, 0.3) is 0 Å². The predicted molar refractivity (Wildman–Crippen MR) is 58.3 cm³/mol. The second-order valence-electron chi connectivity index (χ2n) is 3.20. The van der Waals surface area contributed by atoms with Gasteiger partial charge in [0, 0.05) is 6.07 Å². The molecule has 6 heteroatoms. The van der Waals surface area contributed by atoms with E-state index < -0.39 is 0 Å². The minimum atomic E-state index is -0.127. The van der Waals surface area contributed by atoms with Gasteiger partial charge < -0.3 is 14.7 Å². The summed E-state index contributed by atoms with van der Waals surface area (Å²) in [6.45, 7) is 0. The lowest BCUT2D eigenvalue weighted by Crippen LogP contribution is -2.19. The van der Waals surface area contributed by atoms with Gasteiger partial charge in [-0.15, -0.1) is 0 Å². The Morgan fingerprint density at radius 2 is 1.88 bits per heavy atom. The van der Waals surface area contributed by atoms with Gasteiger partial charge >= 0.3 is 0 Å². The van der Waals surface area contributed by atoms with Crippen molar-refractivity contribution in [2.75, 3.05) is 7.11 Å². The van der Waals surface area contributed by atoms with E-state index in [2.05, 4.69) is 5.10 Å². The fourth-order valence-corrected chi connectivity index (χ4v) is 1.27. The van der Waals surface area contributed by atoms with E-state index in [1.807, 2.05) is 6.07 Å². The third-order valence-corrected chi connectivity index (χ3v) is 2.08. The predicted octanol–water partition coefficient (Wildman–Crippen LogP) is 1.40. The summed E-state index contributed by atoms with van der Waals surface area (Å²) in [5, 5.41) is 20.1. The van der Waals surface area contributed by atoms with E-state index in [4.69, 9.17) is 14.9 Å². The topological polar surface area (TPSA) is 80.4 Å². The summed E-state index contributed by atoms with van der Waals surface area (Å²) in [6, 6.07) is 9.94. The van der Waals surface area contributed by atoms with Crippen molar-refractivity contribution in [2.24, 2.45) is 0 Å². The van der Waals surface area contributed by atoms with Gasteiger partial charge in [0.1, 0.15) is 0 Å². The van der Waals surface area contributed by atoms with Gasteiger partial charge in [-0.2, -0.15) is 0 Å². The number of para-hydroxylation sites is 2. The summed E-state index contributed by atoms with van der Waals surface area (Å²) < 4.78 is 10.5. The SMILES string of the molecule is COc1ccccc1Oc1ccc(=N)n(O)n1. The van der Waals surface area contributed by atoms with E-state index in [9.17, 15) is 5.21 Å². The Hall–Kier alpha value is -2.50. The van der Waals surface area contributed by atoms with Gasteiger partial charge in [0.15, 0.2) is 17.0 Å². The maximum atomic E-state index is 9.21. The van der Waals surface area contributed by atoms with Crippen LogP contribution in [0.2, 0.25) is 0 Å². The highest BCUT2D eigenvalue weighted by molar-refractivity contribution is 5.41. The number of rotatable bonds is 3. The van der Waals surface area contributed by atoms with E-state index in [1.54, 1.807) is 18.2 Å². The fraction of sp³-hybridized carbons (Fsp3) is 0.0909. The lowest BCUT2D eigenvalue weighted by Gasteiger charge is -2.09. The maximum Gasteiger partial charge on any atom is 0.240 e. The quantitative estimate of drug-likeness (QED) is 0.785. The molecule has 0 radical (unpaired) electrons. The zero-order chi connectivity index (χ0) is 12.3. The standard InChI is InChI=1S/C11H11N3O3/c1-16-8-4-2-3-5-9(8)17-11-7-6-10(12)14(15)13-11/h2-7,12,15H,1H3. The van der Waals surface area contributed by atoms with E-state index in [0.29, 0.717) is 16.3 Å². The molecule has 0 aliphatic carbocycles. The van der Waals surface area contributed by atoms with E-state index in [0.717, 1.165) is 0 Å². The van der Waals surface area contributed by atoms with E-state index in [-0.39, 0.29) is 11.4 Å². The summed E-state index contributed by atoms with van der Waals surface area (Å²) in [5.41, 5.74) is -0.127. The summed E-state index contributed by atoms with van der Waals surface area (Å²) in [6.07, 6.45) is 0. The Bertz CT molecular complexity index is 580. The molecular formula is C11H11N3O3. The van der Waals surface area contributed by atoms with E-state index in [1.165, 1.54) is 19.2 Å². The number of hydrogen-bond donors (Lipinski definition) is 2. The van der Waals surface area contributed by atoms with Crippen LogP contribution in [0.1, 0.15) is 0 Å². The van der Waals surface area contributed by atoms with Crippen LogP contribution in [-0.2, 0) is 0 Å². The molecule has 2 aromatic rings. The molecule has 2 rings (SSSR count). The highest BCUT2D eigenvalue weighted by Crippen LogP contribution is 2.29. The van der Waals surface area contributed by atoms with Crippen molar-refractivity contribution in [2.45, 2.75) is 0 Å². The second-order valence-corrected chi connectivity index (χ2v) is 3.20. The lowest BCUT2D eigenvalue weighted by atomic mass is 10.3. The third-order valence-electron chi connectivity index (χ3n) is 2.08. The Morgan fingerprint density at radius 3 is 2.53 bits per heavy atom. The van der Waals surface area contributed by atoms with Crippen molar-refractivity contribution in [1.82, 2.24) is 9.94 Å². The molecule has 1 aromatic carbocycles. The largest absolute Gasteiger partial charge is 0.493 e. The van der Waals surface area contributed by atoms with Gasteiger partial charge in [-0.3, -0.25) is 5.41 Å². The molecule has 0 saturated carbocycles. The molecule has 0 aliphatic heterocycles. The smallest absolute Gasteiger partial charge is 0.240 e. The number of hydrogen-bond acceptors (Lipinski definition) is 5. The first kappa shape index (κ1) is 11.0. The Balaban J connectivity index is 2.31. The first-order valence-electron chi connectivity index (χ1n) is 4.86. The first-order chi connectivity index (χ1) is 8.20. The second kappa shape index (κ2) is 4.56. The van der Waals surface area contributed by atoms with Crippen LogP contribution in [-0.4, -0.2) is 22.3 Å². The van der Waals surface area contributed by atoms with Crippen molar-refractivity contribution in [3.8, 4) is 17.4 Å². The van der Waals surface area contributed by atoms with Crippen LogP contribution < -0.4 is 15.0 Å². The molecule has 0 amide bonds. The Kier molecular flexibility index (Phi) is 2.95. The van der Waals surface area contributed by atoms with Crippen molar-refractivity contribution >= 4 is 0 Å². The molecule has 2 N–H and O–H groups in total. The molecule has 88 valence electrons. The van der Waals surface area contributed by atoms with Gasteiger partial charge in [0.2, 0.25) is 5.88 Å². The minimum absolute atomic E-state index is 0.127. The normalized spacial score (nSPS) is 9.94. The molecule has 1 heterocycles. The molecule has 0 unspecified atom stereocenters. The van der Waals surface area contributed by atoms with Gasteiger partial charge in [-0.25, -0.2) is 0 Å². The number of nitrogens with zero attached hydrogens (tertiary/aromatic N) is 2. The van der Waals surface area contributed by atoms with Crippen LogP contribution in [0.4, 0.5) is 0 Å². The summed E-state index contributed by atoms with van der Waals surface area (Å²) in [7, 11) is 1.54. The number of ether oxygens (including phenoxy) is 2. The van der Waals surface area contributed by atoms with Crippen LogP contribution in [0.3, 0.4) is 0 Å². The molecule has 0 saturated heterocycles. The van der Waals surface area contributed by atoms with Crippen molar-refractivity contribution in [3.05, 3.63) is 41.9 Å². The first-order valence-corrected chi connectivity index (χ1v) is 4.86. The summed E-state index contributed by atoms with van der Waals surface area (Å²) in [4.78, 5) is 0.435. The molecule has 0 fully saturated rings. The minimum Gasteiger partial charge on any atom is -0.493 e. The van der Waals surface area contributed by atoms with Gasteiger partial charge in [-0.05, 0) is 18.2 Å². The molecule has 0 spiro atoms. The molecule has 17 heavy (non-hydrogen) atoms. The fourth-order valence-electron chi connectivity index (χ4n) is 1.27. The highest BCUT2D eigenvalue weighted by atomic mass is 16.5. The van der Waals surface area contributed by atoms with E-state index >= 15 is 0 Å². The maximum absolute atomic E-state index is 9.21. The highest BCUT2D eigenvalue weighted by Gasteiger charge is 2.05. The van der Waals surface area contributed by atoms with Gasteiger partial charge in [0.25, 0.3) is 0 Å². The summed E-state index contributed by atoms with van der Waals surface area (Å²) >= 11 is 0.